The van der Waals surface area contributed by atoms with Crippen molar-refractivity contribution in [1.82, 2.24) is 4.98 Å². The second-order valence-corrected chi connectivity index (χ2v) is 7.96. The van der Waals surface area contributed by atoms with Crippen molar-refractivity contribution in [1.29, 1.82) is 0 Å². The monoisotopic (exact) mass is 467 g/mol. The Balaban J connectivity index is 1.45. The lowest BCUT2D eigenvalue weighted by atomic mass is 10.1. The Morgan fingerprint density at radius 2 is 1.82 bits per heavy atom. The Bertz CT molecular complexity index is 1190. The predicted molar refractivity (Wildman–Crippen MR) is 128 cm³/mol. The summed E-state index contributed by atoms with van der Waals surface area (Å²) in [6.45, 7) is 4.12. The number of hydrogen-bond donors (Lipinski definition) is 2. The summed E-state index contributed by atoms with van der Waals surface area (Å²) < 4.78 is 41.3. The van der Waals surface area contributed by atoms with E-state index >= 15 is 0 Å². The van der Waals surface area contributed by atoms with E-state index in [0.717, 1.165) is 17.2 Å². The number of nitrogens with one attached hydrogen (secondary N) is 2. The van der Waals surface area contributed by atoms with Crippen LogP contribution in [0.25, 0.3) is 11.1 Å². The van der Waals surface area contributed by atoms with Crippen LogP contribution in [-0.4, -0.2) is 35.9 Å². The fourth-order valence-corrected chi connectivity index (χ4v) is 3.76. The van der Waals surface area contributed by atoms with Gasteiger partial charge in [-0.2, -0.15) is 13.2 Å². The van der Waals surface area contributed by atoms with E-state index in [-0.39, 0.29) is 11.4 Å². The maximum absolute atomic E-state index is 13.8. The average molecular weight is 467 g/mol. The van der Waals surface area contributed by atoms with Crippen LogP contribution in [0.2, 0.25) is 0 Å². The average Bonchev–Trinajstić information content (AvgIpc) is 3.25. The van der Waals surface area contributed by atoms with Gasteiger partial charge in [0.1, 0.15) is 17.7 Å². The number of aromatic nitrogens is 1. The topological polar surface area (TPSA) is 69.6 Å². The maximum atomic E-state index is 13.8. The molecule has 1 atom stereocenters. The second kappa shape index (κ2) is 9.54. The summed E-state index contributed by atoms with van der Waals surface area (Å²) in [5.74, 6) is 0.485. The molecule has 4 rings (SSSR count). The van der Waals surface area contributed by atoms with E-state index < -0.39 is 23.7 Å². The third kappa shape index (κ3) is 5.19. The van der Waals surface area contributed by atoms with E-state index in [9.17, 15) is 18.0 Å². The van der Waals surface area contributed by atoms with Gasteiger partial charge in [-0.15, -0.1) is 0 Å². The highest BCUT2D eigenvalue weighted by Gasteiger charge is 2.36. The number of benzene rings is 2. The van der Waals surface area contributed by atoms with E-state index in [1.54, 1.807) is 31.0 Å². The minimum atomic E-state index is -4.55. The molecule has 0 aliphatic carbocycles. The standard InChI is InChI=1S/C25H24F3N5O/c1-16(24(34)32-23-11-8-19(15-30-23)18-6-4-3-5-7-18)31-20-9-10-22(21(14-20)25(26,27)28)33-13-12-29-17(33)2/h3-11,14-16,31H,12-13H2,1-2H3,(H,30,32,34). The molecular weight excluding hydrogens is 443 g/mol. The molecule has 0 bridgehead atoms. The van der Waals surface area contributed by atoms with Crippen LogP contribution in [0.3, 0.4) is 0 Å². The van der Waals surface area contributed by atoms with Crippen molar-refractivity contribution < 1.29 is 18.0 Å². The Morgan fingerprint density at radius 1 is 1.06 bits per heavy atom. The van der Waals surface area contributed by atoms with E-state index in [4.69, 9.17) is 0 Å². The number of nitrogens with zero attached hydrogens (tertiary/aromatic N) is 3. The number of alkyl halides is 3. The molecule has 1 unspecified atom stereocenters. The fraction of sp³-hybridized carbons (Fsp3) is 0.240. The van der Waals surface area contributed by atoms with Gasteiger partial charge in [0.2, 0.25) is 5.91 Å². The quantitative estimate of drug-likeness (QED) is 0.506. The molecule has 0 radical (unpaired) electrons. The Kier molecular flexibility index (Phi) is 6.54. The van der Waals surface area contributed by atoms with Gasteiger partial charge in [0.05, 0.1) is 17.8 Å². The van der Waals surface area contributed by atoms with E-state index in [1.807, 2.05) is 36.4 Å². The first-order valence-corrected chi connectivity index (χ1v) is 10.8. The minimum Gasteiger partial charge on any atom is -0.374 e. The van der Waals surface area contributed by atoms with E-state index in [2.05, 4.69) is 20.6 Å². The molecule has 1 aliphatic heterocycles. The van der Waals surface area contributed by atoms with Gasteiger partial charge in [-0.25, -0.2) is 4.98 Å². The van der Waals surface area contributed by atoms with Crippen LogP contribution in [0.5, 0.6) is 0 Å². The first-order valence-electron chi connectivity index (χ1n) is 10.8. The van der Waals surface area contributed by atoms with Gasteiger partial charge >= 0.3 is 6.18 Å². The maximum Gasteiger partial charge on any atom is 0.418 e. The third-order valence-electron chi connectivity index (χ3n) is 5.55. The van der Waals surface area contributed by atoms with Crippen molar-refractivity contribution in [3.8, 4) is 11.1 Å². The Hall–Kier alpha value is -3.88. The number of hydrogen-bond acceptors (Lipinski definition) is 5. The van der Waals surface area contributed by atoms with Crippen LogP contribution in [0, 0.1) is 0 Å². The molecule has 176 valence electrons. The smallest absolute Gasteiger partial charge is 0.374 e. The van der Waals surface area contributed by atoms with E-state index in [1.165, 1.54) is 12.1 Å². The number of pyridine rings is 1. The summed E-state index contributed by atoms with van der Waals surface area (Å²) in [4.78, 5) is 22.6. The molecule has 1 aromatic heterocycles. The van der Waals surface area contributed by atoms with Crippen LogP contribution < -0.4 is 15.5 Å². The van der Waals surface area contributed by atoms with Crippen molar-refractivity contribution in [2.24, 2.45) is 4.99 Å². The lowest BCUT2D eigenvalue weighted by Gasteiger charge is -2.24. The lowest BCUT2D eigenvalue weighted by Crippen LogP contribution is -2.32. The molecule has 1 amide bonds. The number of carbonyl (C=O) groups is 1. The molecule has 2 heterocycles. The molecule has 1 aliphatic rings. The highest BCUT2D eigenvalue weighted by molar-refractivity contribution is 5.99. The van der Waals surface area contributed by atoms with E-state index in [0.29, 0.717) is 24.7 Å². The molecule has 0 saturated carbocycles. The predicted octanol–water partition coefficient (Wildman–Crippen LogP) is 5.44. The lowest BCUT2D eigenvalue weighted by molar-refractivity contribution is -0.137. The number of amides is 1. The van der Waals surface area contributed by atoms with Crippen molar-refractivity contribution in [2.75, 3.05) is 28.6 Å². The number of anilines is 3. The van der Waals surface area contributed by atoms with Gasteiger partial charge in [0, 0.05) is 24.0 Å². The van der Waals surface area contributed by atoms with Gasteiger partial charge in [0.25, 0.3) is 0 Å². The minimum absolute atomic E-state index is 0.0524. The summed E-state index contributed by atoms with van der Waals surface area (Å²) in [5.41, 5.74) is 1.38. The molecule has 9 heteroatoms. The van der Waals surface area contributed by atoms with Gasteiger partial charge in [-0.05, 0) is 49.7 Å². The number of carbonyl (C=O) groups excluding carboxylic acids is 1. The number of amidine groups is 1. The first-order chi connectivity index (χ1) is 16.2. The van der Waals surface area contributed by atoms with Crippen molar-refractivity contribution in [3.05, 3.63) is 72.4 Å². The molecule has 34 heavy (non-hydrogen) atoms. The summed E-state index contributed by atoms with van der Waals surface area (Å²) in [7, 11) is 0. The molecular formula is C25H24F3N5O. The zero-order chi connectivity index (χ0) is 24.3. The van der Waals surface area contributed by atoms with Crippen LogP contribution >= 0.6 is 0 Å². The fourth-order valence-electron chi connectivity index (χ4n) is 3.76. The molecule has 3 aromatic rings. The Labute approximate surface area is 195 Å². The highest BCUT2D eigenvalue weighted by Crippen LogP contribution is 2.39. The molecule has 6 nitrogen and oxygen atoms in total. The SMILES string of the molecule is CC1=NCCN1c1ccc(NC(C)C(=O)Nc2ccc(-c3ccccc3)cn2)cc1C(F)(F)F. The molecule has 2 aromatic carbocycles. The van der Waals surface area contributed by atoms with Gasteiger partial charge < -0.3 is 15.5 Å². The second-order valence-electron chi connectivity index (χ2n) is 7.96. The van der Waals surface area contributed by atoms with Gasteiger partial charge in [0.15, 0.2) is 0 Å². The summed E-state index contributed by atoms with van der Waals surface area (Å²) >= 11 is 0. The largest absolute Gasteiger partial charge is 0.418 e. The summed E-state index contributed by atoms with van der Waals surface area (Å²) in [5, 5.41) is 5.54. The highest BCUT2D eigenvalue weighted by atomic mass is 19.4. The summed E-state index contributed by atoms with van der Waals surface area (Å²) in [6.07, 6.45) is -2.90. The summed E-state index contributed by atoms with van der Waals surface area (Å²) in [6, 6.07) is 16.4. The zero-order valence-corrected chi connectivity index (χ0v) is 18.7. The molecule has 0 spiro atoms. The van der Waals surface area contributed by atoms with Gasteiger partial charge in [-0.3, -0.25) is 9.79 Å². The van der Waals surface area contributed by atoms with Gasteiger partial charge in [-0.1, -0.05) is 30.3 Å². The number of halogens is 3. The van der Waals surface area contributed by atoms with Crippen molar-refractivity contribution >= 4 is 28.9 Å². The van der Waals surface area contributed by atoms with Crippen LogP contribution in [0.15, 0.2) is 71.9 Å². The Morgan fingerprint density at radius 3 is 2.44 bits per heavy atom. The normalized spacial score (nSPS) is 14.5. The molecule has 0 saturated heterocycles. The third-order valence-corrected chi connectivity index (χ3v) is 5.55. The number of rotatable bonds is 6. The molecule has 2 N–H and O–H groups in total. The van der Waals surface area contributed by atoms with Crippen molar-refractivity contribution in [3.63, 3.8) is 0 Å². The van der Waals surface area contributed by atoms with Crippen LogP contribution in [-0.2, 0) is 11.0 Å². The van der Waals surface area contributed by atoms with Crippen LogP contribution in [0.1, 0.15) is 19.4 Å². The first kappa shape index (κ1) is 23.3. The molecule has 0 fully saturated rings. The number of aliphatic imine (C=N–C) groups is 1. The zero-order valence-electron chi connectivity index (χ0n) is 18.7. The van der Waals surface area contributed by atoms with Crippen molar-refractivity contribution in [2.45, 2.75) is 26.1 Å². The van der Waals surface area contributed by atoms with Crippen LogP contribution in [0.4, 0.5) is 30.4 Å².